The van der Waals surface area contributed by atoms with Gasteiger partial charge in [-0.25, -0.2) is 0 Å². The van der Waals surface area contributed by atoms with Crippen molar-refractivity contribution in [2.45, 2.75) is 18.9 Å². The largest absolute Gasteiger partial charge is 0.480 e. The third-order valence-electron chi connectivity index (χ3n) is 3.01. The van der Waals surface area contributed by atoms with Gasteiger partial charge in [0.1, 0.15) is 6.04 Å². The molecule has 18 heavy (non-hydrogen) atoms. The van der Waals surface area contributed by atoms with Crippen molar-refractivity contribution < 1.29 is 15.0 Å². The molecule has 1 aromatic carbocycles. The van der Waals surface area contributed by atoms with Crippen LogP contribution in [0.25, 0.3) is 10.9 Å². The molecule has 96 valence electrons. The number of aliphatic hydroxyl groups is 1. The van der Waals surface area contributed by atoms with Crippen LogP contribution in [0.4, 0.5) is 0 Å². The molecular formula is C13H16N2O3. The topological polar surface area (TPSA) is 99.3 Å². The molecule has 5 N–H and O–H groups in total. The Kier molecular flexibility index (Phi) is 3.64. The molecule has 1 atom stereocenters. The molecule has 0 saturated heterocycles. The van der Waals surface area contributed by atoms with Crippen molar-refractivity contribution in [3.63, 3.8) is 0 Å². The number of aliphatic hydroxyl groups excluding tert-OH is 1. The molecule has 0 saturated carbocycles. The van der Waals surface area contributed by atoms with E-state index in [9.17, 15) is 4.79 Å². The van der Waals surface area contributed by atoms with Crippen molar-refractivity contribution in [2.24, 2.45) is 5.73 Å². The molecule has 0 amide bonds. The number of H-pyrrole nitrogens is 1. The van der Waals surface area contributed by atoms with Crippen molar-refractivity contribution >= 4 is 16.9 Å². The number of nitrogens with two attached hydrogens (primary N) is 1. The molecule has 0 spiro atoms. The van der Waals surface area contributed by atoms with Gasteiger partial charge in [-0.15, -0.1) is 0 Å². The van der Waals surface area contributed by atoms with Crippen molar-refractivity contribution in [2.75, 3.05) is 6.61 Å². The molecule has 0 fully saturated rings. The molecule has 2 aromatic rings. The Morgan fingerprint density at radius 2 is 2.11 bits per heavy atom. The summed E-state index contributed by atoms with van der Waals surface area (Å²) in [6.07, 6.45) is 0.727. The van der Waals surface area contributed by atoms with Crippen LogP contribution in [0.2, 0.25) is 0 Å². The lowest BCUT2D eigenvalue weighted by Gasteiger charge is -2.07. The number of benzene rings is 1. The highest BCUT2D eigenvalue weighted by molar-refractivity contribution is 5.85. The molecule has 5 nitrogen and oxygen atoms in total. The maximum atomic E-state index is 10.8. The maximum absolute atomic E-state index is 10.8. The molecule has 0 aliphatic carbocycles. The van der Waals surface area contributed by atoms with Crippen LogP contribution in [0, 0.1) is 0 Å². The summed E-state index contributed by atoms with van der Waals surface area (Å²) in [7, 11) is 0. The SMILES string of the molecule is N[C@@H](Cc1c(CCO)[nH]c2ccccc12)C(=O)O. The van der Waals surface area contributed by atoms with Crippen molar-refractivity contribution in [1.29, 1.82) is 0 Å². The summed E-state index contributed by atoms with van der Waals surface area (Å²) >= 11 is 0. The number of hydrogen-bond donors (Lipinski definition) is 4. The van der Waals surface area contributed by atoms with E-state index in [2.05, 4.69) is 4.98 Å². The Hall–Kier alpha value is -1.85. The highest BCUT2D eigenvalue weighted by Gasteiger charge is 2.18. The molecule has 2 rings (SSSR count). The standard InChI is InChI=1S/C13H16N2O3/c14-10(13(17)18)7-9-8-3-1-2-4-11(8)15-12(9)5-6-16/h1-4,10,15-16H,5-7,14H2,(H,17,18)/t10-/m0/s1. The monoisotopic (exact) mass is 248 g/mol. The van der Waals surface area contributed by atoms with E-state index in [0.29, 0.717) is 6.42 Å². The van der Waals surface area contributed by atoms with Gasteiger partial charge in [-0.2, -0.15) is 0 Å². The first kappa shape index (κ1) is 12.6. The van der Waals surface area contributed by atoms with Gasteiger partial charge in [0.05, 0.1) is 0 Å². The number of carbonyl (C=O) groups is 1. The lowest BCUT2D eigenvalue weighted by atomic mass is 10.0. The minimum Gasteiger partial charge on any atom is -0.480 e. The first-order valence-electron chi connectivity index (χ1n) is 5.81. The number of aromatic nitrogens is 1. The fraction of sp³-hybridized carbons (Fsp3) is 0.308. The number of aliphatic carboxylic acids is 1. The van der Waals surface area contributed by atoms with E-state index >= 15 is 0 Å². The Morgan fingerprint density at radius 1 is 1.39 bits per heavy atom. The first-order chi connectivity index (χ1) is 8.63. The quantitative estimate of drug-likeness (QED) is 0.624. The van der Waals surface area contributed by atoms with Crippen LogP contribution in [0.15, 0.2) is 24.3 Å². The van der Waals surface area contributed by atoms with E-state index < -0.39 is 12.0 Å². The molecular weight excluding hydrogens is 232 g/mol. The lowest BCUT2D eigenvalue weighted by Crippen LogP contribution is -2.32. The van der Waals surface area contributed by atoms with E-state index in [0.717, 1.165) is 22.2 Å². The zero-order valence-corrected chi connectivity index (χ0v) is 9.89. The normalized spacial score (nSPS) is 12.8. The predicted molar refractivity (Wildman–Crippen MR) is 68.4 cm³/mol. The fourth-order valence-corrected chi connectivity index (χ4v) is 2.12. The molecule has 1 heterocycles. The number of nitrogens with one attached hydrogen (secondary N) is 1. The van der Waals surface area contributed by atoms with Crippen LogP contribution in [-0.2, 0) is 17.6 Å². The number of carboxylic acid groups (broad SMARTS) is 1. The summed E-state index contributed by atoms with van der Waals surface area (Å²) in [5.41, 5.74) is 8.27. The van der Waals surface area contributed by atoms with Gasteiger partial charge in [0.25, 0.3) is 0 Å². The van der Waals surface area contributed by atoms with Crippen molar-refractivity contribution in [1.82, 2.24) is 4.98 Å². The van der Waals surface area contributed by atoms with Gasteiger partial charge in [-0.3, -0.25) is 4.79 Å². The highest BCUT2D eigenvalue weighted by atomic mass is 16.4. The van der Waals surface area contributed by atoms with Gasteiger partial charge >= 0.3 is 5.97 Å². The number of aromatic amines is 1. The molecule has 1 aromatic heterocycles. The van der Waals surface area contributed by atoms with Crippen molar-refractivity contribution in [3.05, 3.63) is 35.5 Å². The van der Waals surface area contributed by atoms with Gasteiger partial charge in [0.15, 0.2) is 0 Å². The van der Waals surface area contributed by atoms with Crippen LogP contribution in [0.3, 0.4) is 0 Å². The smallest absolute Gasteiger partial charge is 0.320 e. The number of para-hydroxylation sites is 1. The lowest BCUT2D eigenvalue weighted by molar-refractivity contribution is -0.138. The molecule has 0 unspecified atom stereocenters. The second-order valence-corrected chi connectivity index (χ2v) is 4.25. The number of hydrogen-bond acceptors (Lipinski definition) is 3. The molecule has 0 aliphatic heterocycles. The number of carboxylic acids is 1. The van der Waals surface area contributed by atoms with E-state index in [1.54, 1.807) is 0 Å². The van der Waals surface area contributed by atoms with Crippen LogP contribution in [0.1, 0.15) is 11.3 Å². The fourth-order valence-electron chi connectivity index (χ4n) is 2.12. The average Bonchev–Trinajstić information content (AvgIpc) is 2.68. The Bertz CT molecular complexity index is 562. The zero-order valence-electron chi connectivity index (χ0n) is 9.89. The van der Waals surface area contributed by atoms with Crippen LogP contribution >= 0.6 is 0 Å². The predicted octanol–water partition coefficient (Wildman–Crippen LogP) is 0.657. The van der Waals surface area contributed by atoms with E-state index in [-0.39, 0.29) is 13.0 Å². The van der Waals surface area contributed by atoms with Gasteiger partial charge in [-0.1, -0.05) is 18.2 Å². The minimum atomic E-state index is -1.02. The number of rotatable bonds is 5. The first-order valence-corrected chi connectivity index (χ1v) is 5.81. The third-order valence-corrected chi connectivity index (χ3v) is 3.01. The molecule has 0 radical (unpaired) electrons. The second kappa shape index (κ2) is 5.20. The summed E-state index contributed by atoms with van der Waals surface area (Å²) in [6.45, 7) is 0.0160. The van der Waals surface area contributed by atoms with Gasteiger partial charge in [0, 0.05) is 36.0 Å². The van der Waals surface area contributed by atoms with Crippen LogP contribution < -0.4 is 5.73 Å². The van der Waals surface area contributed by atoms with Gasteiger partial charge in [-0.05, 0) is 11.6 Å². The highest BCUT2D eigenvalue weighted by Crippen LogP contribution is 2.23. The van der Waals surface area contributed by atoms with Crippen LogP contribution in [-0.4, -0.2) is 33.8 Å². The maximum Gasteiger partial charge on any atom is 0.320 e. The Morgan fingerprint density at radius 3 is 2.78 bits per heavy atom. The van der Waals surface area contributed by atoms with Gasteiger partial charge < -0.3 is 20.9 Å². The van der Waals surface area contributed by atoms with Gasteiger partial charge in [0.2, 0.25) is 0 Å². The van der Waals surface area contributed by atoms with Crippen LogP contribution in [0.5, 0.6) is 0 Å². The molecule has 0 aliphatic rings. The Balaban J connectivity index is 2.44. The summed E-state index contributed by atoms with van der Waals surface area (Å²) in [6, 6.07) is 6.72. The van der Waals surface area contributed by atoms with E-state index in [4.69, 9.17) is 15.9 Å². The second-order valence-electron chi connectivity index (χ2n) is 4.25. The van der Waals surface area contributed by atoms with E-state index in [1.807, 2.05) is 24.3 Å². The summed E-state index contributed by atoms with van der Waals surface area (Å²) in [5, 5.41) is 18.9. The van der Waals surface area contributed by atoms with E-state index in [1.165, 1.54) is 0 Å². The summed E-state index contributed by atoms with van der Waals surface area (Å²) in [4.78, 5) is 14.0. The summed E-state index contributed by atoms with van der Waals surface area (Å²) < 4.78 is 0. The average molecular weight is 248 g/mol. The van der Waals surface area contributed by atoms with Crippen molar-refractivity contribution in [3.8, 4) is 0 Å². The number of fused-ring (bicyclic) bond motifs is 1. The zero-order chi connectivity index (χ0) is 13.1. The minimum absolute atomic E-state index is 0.0160. The molecule has 5 heteroatoms. The Labute approximate surface area is 104 Å². The third kappa shape index (κ3) is 2.37. The summed E-state index contributed by atoms with van der Waals surface area (Å²) in [5.74, 6) is -1.02. The molecule has 0 bridgehead atoms.